The van der Waals surface area contributed by atoms with Crippen LogP contribution in [0.4, 0.5) is 0 Å². The Labute approximate surface area is 222 Å². The van der Waals surface area contributed by atoms with Gasteiger partial charge in [0.1, 0.15) is 0 Å². The molecule has 0 atom stereocenters. The zero-order valence-electron chi connectivity index (χ0n) is 21.2. The van der Waals surface area contributed by atoms with Crippen molar-refractivity contribution in [2.24, 2.45) is 0 Å². The van der Waals surface area contributed by atoms with Gasteiger partial charge in [0, 0.05) is 64.4 Å². The molecule has 192 valence electrons. The van der Waals surface area contributed by atoms with Crippen molar-refractivity contribution in [1.29, 1.82) is 0 Å². The summed E-state index contributed by atoms with van der Waals surface area (Å²) in [5.41, 5.74) is 3.88. The van der Waals surface area contributed by atoms with E-state index >= 15 is 0 Å². The van der Waals surface area contributed by atoms with Crippen molar-refractivity contribution in [3.8, 4) is 0 Å². The fourth-order valence-electron chi connectivity index (χ4n) is 4.61. The van der Waals surface area contributed by atoms with E-state index in [1.807, 2.05) is 67.0 Å². The maximum absolute atomic E-state index is 12.9. The smallest absolute Gasteiger partial charge is 0.261 e. The predicted octanol–water partition coefficient (Wildman–Crippen LogP) is 3.67. The van der Waals surface area contributed by atoms with Crippen molar-refractivity contribution in [2.45, 2.75) is 19.6 Å². The van der Waals surface area contributed by atoms with Gasteiger partial charge < -0.3 is 0 Å². The van der Waals surface area contributed by atoms with Crippen molar-refractivity contribution >= 4 is 11.8 Å². The topological polar surface area (TPSA) is 82.5 Å². The van der Waals surface area contributed by atoms with Crippen molar-refractivity contribution in [3.63, 3.8) is 0 Å². The van der Waals surface area contributed by atoms with Crippen LogP contribution < -0.4 is 0 Å². The van der Waals surface area contributed by atoms with Crippen LogP contribution in [0.25, 0.3) is 0 Å². The lowest BCUT2D eigenvalue weighted by Crippen LogP contribution is -2.41. The van der Waals surface area contributed by atoms with E-state index in [9.17, 15) is 9.59 Å². The van der Waals surface area contributed by atoms with Gasteiger partial charge in [-0.2, -0.15) is 0 Å². The van der Waals surface area contributed by atoms with Gasteiger partial charge in [0.25, 0.3) is 11.8 Å². The lowest BCUT2D eigenvalue weighted by molar-refractivity contribution is 0.0630. The van der Waals surface area contributed by atoms with Crippen LogP contribution in [0.1, 0.15) is 37.8 Å². The molecule has 2 amide bonds. The van der Waals surface area contributed by atoms with Crippen LogP contribution in [0.2, 0.25) is 0 Å². The highest BCUT2D eigenvalue weighted by Crippen LogP contribution is 2.22. The maximum atomic E-state index is 12.9. The molecule has 0 N–H and O–H groups in total. The van der Waals surface area contributed by atoms with E-state index in [1.165, 1.54) is 4.90 Å². The van der Waals surface area contributed by atoms with Gasteiger partial charge in [0.05, 0.1) is 28.2 Å². The monoisotopic (exact) mass is 506 g/mol. The molecule has 3 aromatic heterocycles. The van der Waals surface area contributed by atoms with Crippen molar-refractivity contribution in [1.82, 2.24) is 29.7 Å². The number of hydrogen-bond acceptors (Lipinski definition) is 7. The molecule has 0 unspecified atom stereocenters. The highest BCUT2D eigenvalue weighted by atomic mass is 16.2. The van der Waals surface area contributed by atoms with E-state index in [2.05, 4.69) is 24.8 Å². The second-order valence-electron chi connectivity index (χ2n) is 9.26. The van der Waals surface area contributed by atoms with Crippen LogP contribution in [-0.4, -0.2) is 67.6 Å². The number of carbonyl (C=O) groups is 2. The standard InChI is InChI=1S/C30H30N6O2/c37-29-27-12-1-2-13-28(27)30(38)36(29)20-19-34(21-24-9-3-6-14-31-24)17-18-35(22-25-10-4-7-15-32-25)23-26-11-5-8-16-33-26/h1-16H,17-23H2. The van der Waals surface area contributed by atoms with Crippen LogP contribution in [0, 0.1) is 0 Å². The van der Waals surface area contributed by atoms with Gasteiger partial charge >= 0.3 is 0 Å². The number of aromatic nitrogens is 3. The summed E-state index contributed by atoms with van der Waals surface area (Å²) < 4.78 is 0. The lowest BCUT2D eigenvalue weighted by Gasteiger charge is -2.28. The van der Waals surface area contributed by atoms with Gasteiger partial charge in [-0.05, 0) is 48.5 Å². The van der Waals surface area contributed by atoms with E-state index in [4.69, 9.17) is 0 Å². The van der Waals surface area contributed by atoms with Gasteiger partial charge in [-0.15, -0.1) is 0 Å². The van der Waals surface area contributed by atoms with E-state index in [-0.39, 0.29) is 11.8 Å². The number of hydrogen-bond donors (Lipinski definition) is 0. The molecule has 0 aliphatic carbocycles. The molecule has 0 fully saturated rings. The fourth-order valence-corrected chi connectivity index (χ4v) is 4.61. The van der Waals surface area contributed by atoms with E-state index in [1.54, 1.807) is 30.5 Å². The molecule has 38 heavy (non-hydrogen) atoms. The fraction of sp³-hybridized carbons (Fsp3) is 0.233. The molecular weight excluding hydrogens is 476 g/mol. The number of carbonyl (C=O) groups excluding carboxylic acids is 2. The number of pyridine rings is 3. The minimum atomic E-state index is -0.227. The van der Waals surface area contributed by atoms with Crippen LogP contribution in [0.15, 0.2) is 97.5 Å². The molecule has 0 bridgehead atoms. The first-order chi connectivity index (χ1) is 18.7. The molecule has 0 radical (unpaired) electrons. The normalized spacial score (nSPS) is 12.9. The molecule has 4 aromatic rings. The highest BCUT2D eigenvalue weighted by molar-refractivity contribution is 6.21. The zero-order valence-corrected chi connectivity index (χ0v) is 21.2. The Balaban J connectivity index is 1.29. The average Bonchev–Trinajstić information content (AvgIpc) is 3.21. The summed E-state index contributed by atoms with van der Waals surface area (Å²) in [4.78, 5) is 45.3. The zero-order chi connectivity index (χ0) is 26.2. The number of amides is 2. The minimum absolute atomic E-state index is 0.227. The minimum Gasteiger partial charge on any atom is -0.294 e. The Morgan fingerprint density at radius 1 is 0.526 bits per heavy atom. The Hall–Kier alpha value is -4.27. The van der Waals surface area contributed by atoms with Gasteiger partial charge in [-0.3, -0.25) is 39.2 Å². The van der Waals surface area contributed by atoms with Crippen molar-refractivity contribution < 1.29 is 9.59 Å². The molecule has 0 spiro atoms. The molecule has 1 aliphatic heterocycles. The first-order valence-electron chi connectivity index (χ1n) is 12.8. The van der Waals surface area contributed by atoms with E-state index < -0.39 is 0 Å². The van der Waals surface area contributed by atoms with Crippen LogP contribution in [0.5, 0.6) is 0 Å². The molecule has 0 saturated carbocycles. The van der Waals surface area contributed by atoms with Gasteiger partial charge in [0.15, 0.2) is 0 Å². The molecule has 4 heterocycles. The Kier molecular flexibility index (Phi) is 8.23. The average molecular weight is 507 g/mol. The summed E-state index contributed by atoms with van der Waals surface area (Å²) in [5.74, 6) is -0.453. The Morgan fingerprint density at radius 2 is 0.947 bits per heavy atom. The summed E-state index contributed by atoms with van der Waals surface area (Å²) in [5, 5.41) is 0. The second kappa shape index (κ2) is 12.3. The molecule has 8 nitrogen and oxygen atoms in total. The van der Waals surface area contributed by atoms with Crippen molar-refractivity contribution in [2.75, 3.05) is 26.2 Å². The van der Waals surface area contributed by atoms with Crippen LogP contribution in [0.3, 0.4) is 0 Å². The van der Waals surface area contributed by atoms with E-state index in [0.29, 0.717) is 43.9 Å². The summed E-state index contributed by atoms with van der Waals surface area (Å²) >= 11 is 0. The van der Waals surface area contributed by atoms with E-state index in [0.717, 1.165) is 30.2 Å². The second-order valence-corrected chi connectivity index (χ2v) is 9.26. The summed E-state index contributed by atoms with van der Waals surface area (Å²) in [6.45, 7) is 4.33. The molecular formula is C30H30N6O2. The quantitative estimate of drug-likeness (QED) is 0.271. The molecule has 0 saturated heterocycles. The number of fused-ring (bicyclic) bond motifs is 1. The molecule has 8 heteroatoms. The summed E-state index contributed by atoms with van der Waals surface area (Å²) in [7, 11) is 0. The Morgan fingerprint density at radius 3 is 1.39 bits per heavy atom. The Bertz CT molecular complexity index is 1270. The van der Waals surface area contributed by atoms with Gasteiger partial charge in [-0.1, -0.05) is 30.3 Å². The summed E-state index contributed by atoms with van der Waals surface area (Å²) in [6, 6.07) is 24.8. The van der Waals surface area contributed by atoms with Crippen LogP contribution in [-0.2, 0) is 19.6 Å². The molecule has 1 aliphatic rings. The van der Waals surface area contributed by atoms with Crippen molar-refractivity contribution in [3.05, 3.63) is 126 Å². The summed E-state index contributed by atoms with van der Waals surface area (Å²) in [6.07, 6.45) is 5.40. The SMILES string of the molecule is O=C1c2ccccc2C(=O)N1CCN(CCN(Cc1ccccn1)Cc1ccccn1)Cc1ccccn1. The third-order valence-electron chi connectivity index (χ3n) is 6.59. The number of benzene rings is 1. The number of nitrogens with zero attached hydrogens (tertiary/aromatic N) is 6. The molecule has 5 rings (SSSR count). The predicted molar refractivity (Wildman–Crippen MR) is 144 cm³/mol. The van der Waals surface area contributed by atoms with Crippen LogP contribution >= 0.6 is 0 Å². The highest BCUT2D eigenvalue weighted by Gasteiger charge is 2.35. The third kappa shape index (κ3) is 6.34. The number of rotatable bonds is 12. The third-order valence-corrected chi connectivity index (χ3v) is 6.59. The molecule has 1 aromatic carbocycles. The van der Waals surface area contributed by atoms with Gasteiger partial charge in [0.2, 0.25) is 0 Å². The van der Waals surface area contributed by atoms with Gasteiger partial charge in [-0.25, -0.2) is 0 Å². The first-order valence-corrected chi connectivity index (χ1v) is 12.8. The number of imide groups is 1. The maximum Gasteiger partial charge on any atom is 0.261 e. The lowest BCUT2D eigenvalue weighted by atomic mass is 10.1. The largest absolute Gasteiger partial charge is 0.294 e. The first kappa shape index (κ1) is 25.4.